The average molecular weight is 326 g/mol. The topological polar surface area (TPSA) is 49.3 Å². The zero-order chi connectivity index (χ0) is 13.9. The van der Waals surface area contributed by atoms with Gasteiger partial charge >= 0.3 is 12.1 Å². The van der Waals surface area contributed by atoms with Gasteiger partial charge in [-0.15, -0.1) is 0 Å². The number of nitrogens with one attached hydrogen (secondary N) is 1. The molecule has 0 heterocycles. The lowest BCUT2D eigenvalue weighted by Crippen LogP contribution is -2.19. The van der Waals surface area contributed by atoms with Crippen molar-refractivity contribution in [2.24, 2.45) is 0 Å². The molecule has 1 aromatic rings. The molecule has 18 heavy (non-hydrogen) atoms. The first-order chi connectivity index (χ1) is 8.18. The van der Waals surface area contributed by atoms with E-state index >= 15 is 0 Å². The highest BCUT2D eigenvalue weighted by atomic mass is 79.9. The van der Waals surface area contributed by atoms with Crippen molar-refractivity contribution in [3.63, 3.8) is 0 Å². The molecule has 0 aliphatic heterocycles. The van der Waals surface area contributed by atoms with Gasteiger partial charge in [0, 0.05) is 16.2 Å². The number of rotatable bonds is 4. The Labute approximate surface area is 110 Å². The van der Waals surface area contributed by atoms with Gasteiger partial charge in [0.05, 0.1) is 12.0 Å². The summed E-state index contributed by atoms with van der Waals surface area (Å²) in [6.45, 7) is 1.59. The Morgan fingerprint density at radius 3 is 2.56 bits per heavy atom. The van der Waals surface area contributed by atoms with Gasteiger partial charge < -0.3 is 10.4 Å². The maximum absolute atomic E-state index is 12.6. The predicted octanol–water partition coefficient (Wildman–Crippen LogP) is 3.74. The molecule has 100 valence electrons. The van der Waals surface area contributed by atoms with Crippen LogP contribution in [-0.2, 0) is 11.0 Å². The molecule has 1 atom stereocenters. The van der Waals surface area contributed by atoms with Gasteiger partial charge in [0.25, 0.3) is 0 Å². The first-order valence-electron chi connectivity index (χ1n) is 5.04. The molecular weight excluding hydrogens is 315 g/mol. The monoisotopic (exact) mass is 325 g/mol. The molecule has 0 fully saturated rings. The lowest BCUT2D eigenvalue weighted by atomic mass is 10.1. The van der Waals surface area contributed by atoms with Crippen LogP contribution in [0.4, 0.5) is 18.9 Å². The molecule has 1 aromatic carbocycles. The van der Waals surface area contributed by atoms with Crippen LogP contribution in [0.1, 0.15) is 18.9 Å². The van der Waals surface area contributed by atoms with Crippen LogP contribution in [0.2, 0.25) is 0 Å². The third-order valence-corrected chi connectivity index (χ3v) is 2.58. The van der Waals surface area contributed by atoms with E-state index in [1.165, 1.54) is 6.07 Å². The van der Waals surface area contributed by atoms with E-state index in [0.717, 1.165) is 12.1 Å². The Kier molecular flexibility index (Phi) is 4.61. The van der Waals surface area contributed by atoms with Crippen LogP contribution in [-0.4, -0.2) is 17.1 Å². The van der Waals surface area contributed by atoms with Gasteiger partial charge in [-0.05, 0) is 25.1 Å². The number of anilines is 1. The Bertz CT molecular complexity index is 448. The van der Waals surface area contributed by atoms with Crippen LogP contribution in [0.15, 0.2) is 22.7 Å². The van der Waals surface area contributed by atoms with Crippen molar-refractivity contribution in [1.82, 2.24) is 0 Å². The Morgan fingerprint density at radius 1 is 1.44 bits per heavy atom. The van der Waals surface area contributed by atoms with E-state index in [4.69, 9.17) is 5.11 Å². The van der Waals surface area contributed by atoms with E-state index in [1.54, 1.807) is 6.92 Å². The van der Waals surface area contributed by atoms with Crippen LogP contribution in [0.3, 0.4) is 0 Å². The molecular formula is C11H11BrF3NO2. The van der Waals surface area contributed by atoms with Crippen molar-refractivity contribution in [2.75, 3.05) is 5.32 Å². The number of carboxylic acid groups (broad SMARTS) is 1. The van der Waals surface area contributed by atoms with Crippen molar-refractivity contribution in [1.29, 1.82) is 0 Å². The normalized spacial score (nSPS) is 13.2. The van der Waals surface area contributed by atoms with Crippen molar-refractivity contribution in [3.8, 4) is 0 Å². The molecule has 0 aliphatic rings. The van der Waals surface area contributed by atoms with Crippen LogP contribution >= 0.6 is 15.9 Å². The smallest absolute Gasteiger partial charge is 0.416 e. The molecule has 0 saturated carbocycles. The average Bonchev–Trinajstić information content (AvgIpc) is 2.13. The highest BCUT2D eigenvalue weighted by Crippen LogP contribution is 2.33. The highest BCUT2D eigenvalue weighted by Gasteiger charge is 2.31. The van der Waals surface area contributed by atoms with Gasteiger partial charge in [0.1, 0.15) is 0 Å². The van der Waals surface area contributed by atoms with Crippen LogP contribution in [0.5, 0.6) is 0 Å². The minimum absolute atomic E-state index is 0.173. The van der Waals surface area contributed by atoms with Gasteiger partial charge in [0.15, 0.2) is 0 Å². The summed E-state index contributed by atoms with van der Waals surface area (Å²) in [5.41, 5.74) is -0.563. The molecule has 1 unspecified atom stereocenters. The number of benzene rings is 1. The molecule has 2 N–H and O–H groups in total. The summed E-state index contributed by atoms with van der Waals surface area (Å²) < 4.78 is 37.9. The molecule has 3 nitrogen and oxygen atoms in total. The second kappa shape index (κ2) is 5.60. The Balaban J connectivity index is 2.90. The summed E-state index contributed by atoms with van der Waals surface area (Å²) in [7, 11) is 0. The second-order valence-electron chi connectivity index (χ2n) is 3.87. The molecule has 0 bridgehead atoms. The quantitative estimate of drug-likeness (QED) is 0.886. The summed E-state index contributed by atoms with van der Waals surface area (Å²) in [5, 5.41) is 11.3. The molecule has 0 spiro atoms. The number of hydrogen-bond acceptors (Lipinski definition) is 2. The summed E-state index contributed by atoms with van der Waals surface area (Å²) in [4.78, 5) is 10.5. The molecule has 7 heteroatoms. The van der Waals surface area contributed by atoms with Crippen LogP contribution in [0, 0.1) is 0 Å². The van der Waals surface area contributed by atoms with Crippen molar-refractivity contribution >= 4 is 27.6 Å². The van der Waals surface area contributed by atoms with E-state index in [9.17, 15) is 18.0 Å². The molecule has 0 radical (unpaired) electrons. The fourth-order valence-corrected chi connectivity index (χ4v) is 1.93. The van der Waals surface area contributed by atoms with Gasteiger partial charge in [0.2, 0.25) is 0 Å². The first-order valence-corrected chi connectivity index (χ1v) is 5.84. The van der Waals surface area contributed by atoms with Gasteiger partial charge in [-0.1, -0.05) is 15.9 Å². The molecule has 0 aromatic heterocycles. The minimum atomic E-state index is -4.43. The first kappa shape index (κ1) is 14.8. The third-order valence-electron chi connectivity index (χ3n) is 2.12. The predicted molar refractivity (Wildman–Crippen MR) is 64.5 cm³/mol. The molecule has 0 saturated heterocycles. The number of alkyl halides is 3. The SMILES string of the molecule is CC(CC(=O)O)Nc1cc(Br)cc(C(F)(F)F)c1. The number of halogens is 4. The zero-order valence-corrected chi connectivity index (χ0v) is 11.0. The molecule has 1 rings (SSSR count). The summed E-state index contributed by atoms with van der Waals surface area (Å²) >= 11 is 2.99. The van der Waals surface area contributed by atoms with E-state index < -0.39 is 23.8 Å². The van der Waals surface area contributed by atoms with Gasteiger partial charge in [-0.2, -0.15) is 13.2 Å². The number of hydrogen-bond donors (Lipinski definition) is 2. The summed E-state index contributed by atoms with van der Waals surface area (Å²) in [6.07, 6.45) is -4.61. The zero-order valence-electron chi connectivity index (χ0n) is 9.38. The molecule has 0 amide bonds. The lowest BCUT2D eigenvalue weighted by molar-refractivity contribution is -0.138. The Morgan fingerprint density at radius 2 is 2.06 bits per heavy atom. The highest BCUT2D eigenvalue weighted by molar-refractivity contribution is 9.10. The van der Waals surface area contributed by atoms with Crippen LogP contribution < -0.4 is 5.32 Å². The fourth-order valence-electron chi connectivity index (χ4n) is 1.43. The van der Waals surface area contributed by atoms with E-state index in [0.29, 0.717) is 0 Å². The minimum Gasteiger partial charge on any atom is -0.481 e. The van der Waals surface area contributed by atoms with E-state index in [2.05, 4.69) is 21.2 Å². The van der Waals surface area contributed by atoms with Crippen molar-refractivity contribution < 1.29 is 23.1 Å². The second-order valence-corrected chi connectivity index (χ2v) is 4.79. The number of aliphatic carboxylic acids is 1. The van der Waals surface area contributed by atoms with Crippen molar-refractivity contribution in [3.05, 3.63) is 28.2 Å². The van der Waals surface area contributed by atoms with Crippen molar-refractivity contribution in [2.45, 2.75) is 25.6 Å². The van der Waals surface area contributed by atoms with Crippen LogP contribution in [0.25, 0.3) is 0 Å². The van der Waals surface area contributed by atoms with Gasteiger partial charge in [-0.25, -0.2) is 0 Å². The fraction of sp³-hybridized carbons (Fsp3) is 0.364. The largest absolute Gasteiger partial charge is 0.481 e. The number of carbonyl (C=O) groups is 1. The van der Waals surface area contributed by atoms with Gasteiger partial charge in [-0.3, -0.25) is 4.79 Å². The standard InChI is InChI=1S/C11H11BrF3NO2/c1-6(2-10(17)18)16-9-4-7(11(13,14)15)3-8(12)5-9/h3-6,16H,2H2,1H3,(H,17,18). The Hall–Kier alpha value is -1.24. The maximum atomic E-state index is 12.6. The molecule has 0 aliphatic carbocycles. The maximum Gasteiger partial charge on any atom is 0.416 e. The third kappa shape index (κ3) is 4.56. The van der Waals surface area contributed by atoms with E-state index in [1.807, 2.05) is 0 Å². The van der Waals surface area contributed by atoms with E-state index in [-0.39, 0.29) is 16.6 Å². The summed E-state index contributed by atoms with van der Waals surface area (Å²) in [6, 6.07) is 2.92. The lowest BCUT2D eigenvalue weighted by Gasteiger charge is -2.15. The number of carboxylic acids is 1. The summed E-state index contributed by atoms with van der Waals surface area (Å²) in [5.74, 6) is -1.01.